The summed E-state index contributed by atoms with van der Waals surface area (Å²) in [5.74, 6) is 4.12. The van der Waals surface area contributed by atoms with Crippen LogP contribution in [0.5, 0.6) is 0 Å². The number of halogens is 1. The molecule has 0 bridgehead atoms. The molecule has 372 valence electrons. The lowest BCUT2D eigenvalue weighted by molar-refractivity contribution is 0.434. The molecule has 0 saturated carbocycles. The number of nitrogens with zero attached hydrogens (tertiary/aromatic N) is 9. The Bertz CT molecular complexity index is 3280. The molecule has 6 heterocycles. The molecule has 0 spiro atoms. The summed E-state index contributed by atoms with van der Waals surface area (Å²) in [7, 11) is -5.74. The minimum atomic E-state index is -2.98. The van der Waals surface area contributed by atoms with Gasteiger partial charge in [-0.2, -0.15) is 0 Å². The van der Waals surface area contributed by atoms with Gasteiger partial charge in [0.2, 0.25) is 11.6 Å². The Balaban J connectivity index is 0.000000164. The number of aryl methyl sites for hydroxylation is 4. The Morgan fingerprint density at radius 1 is 0.592 bits per heavy atom. The SMILES string of the molecule is CS(=O)(=O)C1CCNCC1.Cc1ccc(-c2cc(-c3nc(C)n(Cc4cccc(Br)c4)n3)no2)cc1.Cc1ccc(-c2cc(-c3nc(C)n(Cc4cccc(N5CCC(S(C)(=O)=O)CC5)c4)n3)no2)cc1. The first-order valence-electron chi connectivity index (χ1n) is 23.5. The third-order valence-electron chi connectivity index (χ3n) is 12.6. The predicted molar refractivity (Wildman–Crippen MR) is 280 cm³/mol. The topological polar surface area (TPSA) is 197 Å². The second kappa shape index (κ2) is 22.4. The normalized spacial score (nSPS) is 14.7. The summed E-state index contributed by atoms with van der Waals surface area (Å²) in [5, 5.41) is 20.4. The molecule has 2 aliphatic rings. The minimum absolute atomic E-state index is 0.0891. The Kier molecular flexibility index (Phi) is 16.1. The van der Waals surface area contributed by atoms with Crippen LogP contribution in [0, 0.1) is 27.7 Å². The molecular weight excluding hydrogens is 1000 g/mol. The number of sulfone groups is 2. The molecule has 10 rings (SSSR count). The Labute approximate surface area is 423 Å². The van der Waals surface area contributed by atoms with E-state index >= 15 is 0 Å². The fourth-order valence-electron chi connectivity index (χ4n) is 8.42. The summed E-state index contributed by atoms with van der Waals surface area (Å²) in [5.41, 5.74) is 8.94. The molecule has 16 nitrogen and oxygen atoms in total. The van der Waals surface area contributed by atoms with E-state index in [0.29, 0.717) is 60.5 Å². The summed E-state index contributed by atoms with van der Waals surface area (Å²) in [4.78, 5) is 11.4. The van der Waals surface area contributed by atoms with Crippen molar-refractivity contribution in [3.05, 3.63) is 148 Å². The Hall–Kier alpha value is -6.28. The number of anilines is 1. The van der Waals surface area contributed by atoms with Gasteiger partial charge in [0.25, 0.3) is 0 Å². The third kappa shape index (κ3) is 13.6. The molecule has 1 N–H and O–H groups in total. The van der Waals surface area contributed by atoms with E-state index < -0.39 is 19.7 Å². The number of rotatable bonds is 11. The summed E-state index contributed by atoms with van der Waals surface area (Å²) < 4.78 is 61.5. The number of piperidine rings is 2. The highest BCUT2D eigenvalue weighted by Gasteiger charge is 2.27. The van der Waals surface area contributed by atoms with Crippen molar-refractivity contribution in [2.75, 3.05) is 43.6 Å². The van der Waals surface area contributed by atoms with Crippen LogP contribution in [0.2, 0.25) is 0 Å². The first-order chi connectivity index (χ1) is 33.9. The van der Waals surface area contributed by atoms with Gasteiger partial charge >= 0.3 is 0 Å². The lowest BCUT2D eigenvalue weighted by Gasteiger charge is -2.33. The number of nitrogens with one attached hydrogen (secondary N) is 1. The zero-order valence-corrected chi connectivity index (χ0v) is 44.0. The van der Waals surface area contributed by atoms with E-state index in [0.717, 1.165) is 83.1 Å². The maximum absolute atomic E-state index is 11.9. The van der Waals surface area contributed by atoms with E-state index in [-0.39, 0.29) is 10.5 Å². The lowest BCUT2D eigenvalue weighted by Crippen LogP contribution is -2.39. The van der Waals surface area contributed by atoms with Crippen molar-refractivity contribution in [3.63, 3.8) is 0 Å². The van der Waals surface area contributed by atoms with E-state index in [4.69, 9.17) is 9.05 Å². The third-order valence-corrected chi connectivity index (χ3v) is 16.5. The number of aromatic nitrogens is 8. The first-order valence-corrected chi connectivity index (χ1v) is 28.2. The fraction of sp³-hybridized carbons (Fsp3) is 0.346. The van der Waals surface area contributed by atoms with Crippen molar-refractivity contribution >= 4 is 41.3 Å². The van der Waals surface area contributed by atoms with Crippen molar-refractivity contribution in [2.45, 2.75) is 77.0 Å². The average Bonchev–Trinajstić information content (AvgIpc) is 4.18. The van der Waals surface area contributed by atoms with Crippen LogP contribution in [0.25, 0.3) is 45.7 Å². The van der Waals surface area contributed by atoms with Crippen LogP contribution in [-0.4, -0.2) is 106 Å². The summed E-state index contributed by atoms with van der Waals surface area (Å²) in [6.07, 6.45) is 5.54. The molecule has 2 saturated heterocycles. The molecule has 8 aromatic rings. The van der Waals surface area contributed by atoms with E-state index in [2.05, 4.69) is 93.9 Å². The van der Waals surface area contributed by atoms with Crippen LogP contribution in [-0.2, 0) is 32.8 Å². The smallest absolute Gasteiger partial charge is 0.203 e. The molecule has 0 unspecified atom stereocenters. The molecule has 4 aromatic carbocycles. The van der Waals surface area contributed by atoms with Crippen molar-refractivity contribution in [1.82, 2.24) is 45.2 Å². The van der Waals surface area contributed by atoms with Crippen LogP contribution >= 0.6 is 15.9 Å². The lowest BCUT2D eigenvalue weighted by atomic mass is 10.1. The number of hydrogen-bond acceptors (Lipinski definition) is 14. The van der Waals surface area contributed by atoms with Gasteiger partial charge < -0.3 is 19.3 Å². The van der Waals surface area contributed by atoms with Gasteiger partial charge in [-0.05, 0) is 102 Å². The molecule has 0 amide bonds. The van der Waals surface area contributed by atoms with Gasteiger partial charge in [0.05, 0.1) is 23.6 Å². The molecule has 19 heteroatoms. The summed E-state index contributed by atoms with van der Waals surface area (Å²) >= 11 is 3.50. The van der Waals surface area contributed by atoms with E-state index in [9.17, 15) is 16.8 Å². The monoisotopic (exact) mass is 1060 g/mol. The van der Waals surface area contributed by atoms with Gasteiger partial charge in [-0.15, -0.1) is 10.2 Å². The highest BCUT2D eigenvalue weighted by atomic mass is 79.9. The first kappa shape index (κ1) is 51.1. The second-order valence-electron chi connectivity index (χ2n) is 18.3. The Morgan fingerprint density at radius 2 is 1.04 bits per heavy atom. The van der Waals surface area contributed by atoms with Crippen molar-refractivity contribution in [3.8, 4) is 45.7 Å². The largest absolute Gasteiger partial charge is 0.371 e. The van der Waals surface area contributed by atoms with Crippen LogP contribution < -0.4 is 10.2 Å². The van der Waals surface area contributed by atoms with Crippen LogP contribution in [0.15, 0.2) is 123 Å². The van der Waals surface area contributed by atoms with Crippen molar-refractivity contribution in [2.24, 2.45) is 0 Å². The van der Waals surface area contributed by atoms with Crippen LogP contribution in [0.4, 0.5) is 5.69 Å². The molecule has 0 aliphatic carbocycles. The highest BCUT2D eigenvalue weighted by molar-refractivity contribution is 9.10. The number of hydrogen-bond donors (Lipinski definition) is 1. The predicted octanol–water partition coefficient (Wildman–Crippen LogP) is 9.09. The zero-order valence-electron chi connectivity index (χ0n) is 40.8. The van der Waals surface area contributed by atoms with E-state index in [1.807, 2.05) is 109 Å². The maximum Gasteiger partial charge on any atom is 0.203 e. The summed E-state index contributed by atoms with van der Waals surface area (Å²) in [6.45, 7) is 12.4. The second-order valence-corrected chi connectivity index (χ2v) is 23.8. The van der Waals surface area contributed by atoms with Gasteiger partial charge in [0.15, 0.2) is 22.9 Å². The van der Waals surface area contributed by atoms with Crippen molar-refractivity contribution in [1.29, 1.82) is 0 Å². The van der Waals surface area contributed by atoms with Gasteiger partial charge in [-0.25, -0.2) is 36.2 Å². The van der Waals surface area contributed by atoms with Gasteiger partial charge in [0.1, 0.15) is 31.3 Å². The quantitative estimate of drug-likeness (QED) is 0.129. The van der Waals surface area contributed by atoms with Crippen molar-refractivity contribution < 1.29 is 25.9 Å². The molecule has 4 aromatic heterocycles. The van der Waals surface area contributed by atoms with E-state index in [1.165, 1.54) is 23.6 Å². The molecular formula is C52H59BrN10O6S2. The van der Waals surface area contributed by atoms with Crippen LogP contribution in [0.1, 0.15) is 59.6 Å². The molecule has 2 aliphatic heterocycles. The molecule has 71 heavy (non-hydrogen) atoms. The molecule has 2 fully saturated rings. The van der Waals surface area contributed by atoms with E-state index in [1.54, 1.807) is 0 Å². The number of benzene rings is 4. The zero-order chi connectivity index (χ0) is 50.3. The minimum Gasteiger partial charge on any atom is -0.371 e. The fourth-order valence-corrected chi connectivity index (χ4v) is 11.0. The molecule has 0 atom stereocenters. The highest BCUT2D eigenvalue weighted by Crippen LogP contribution is 2.28. The van der Waals surface area contributed by atoms with Gasteiger partial charge in [-0.3, -0.25) is 0 Å². The van der Waals surface area contributed by atoms with Crippen LogP contribution in [0.3, 0.4) is 0 Å². The average molecular weight is 1060 g/mol. The maximum atomic E-state index is 11.9. The molecule has 0 radical (unpaired) electrons. The Morgan fingerprint density at radius 3 is 1.49 bits per heavy atom. The van der Waals surface area contributed by atoms with Gasteiger partial charge in [-0.1, -0.05) is 110 Å². The standard InChI is InChI=1S/C26H29N5O3S.C20H17BrN4O.C6H13NO2S/c1-18-7-9-21(10-8-18)25-16-24(29-34-25)26-27-19(2)31(28-26)17-20-5-4-6-22(15-20)30-13-11-23(12-14-30)35(3,32)33;1-13-6-8-16(9-7-13)19-11-18(24-26-19)20-22-14(2)25(23-20)12-15-4-3-5-17(21)10-15;1-10(8,9)6-2-4-7-5-3-6/h4-10,15-16,23H,11-14,17H2,1-3H3;3-11H,12H2,1-2H3;6-7H,2-5H2,1H3. The van der Waals surface area contributed by atoms with Gasteiger partial charge in [0, 0.05) is 59.0 Å². The summed E-state index contributed by atoms with van der Waals surface area (Å²) in [6, 6.07) is 36.5.